The number of aromatic nitrogens is 2. The molecular formula is C18H33N5O. The van der Waals surface area contributed by atoms with Crippen LogP contribution in [0.25, 0.3) is 0 Å². The summed E-state index contributed by atoms with van der Waals surface area (Å²) in [6.45, 7) is 13.9. The molecule has 1 aromatic rings. The van der Waals surface area contributed by atoms with Crippen LogP contribution in [0.2, 0.25) is 0 Å². The number of methoxy groups -OCH3 is 1. The average Bonchev–Trinajstić information content (AvgIpc) is 2.84. The van der Waals surface area contributed by atoms with E-state index in [-0.39, 0.29) is 0 Å². The molecule has 0 unspecified atom stereocenters. The third-order valence-electron chi connectivity index (χ3n) is 4.84. The van der Waals surface area contributed by atoms with Gasteiger partial charge < -0.3 is 15.0 Å². The first-order valence-corrected chi connectivity index (χ1v) is 9.11. The number of hydrogen-bond acceptors (Lipinski definition) is 3. The van der Waals surface area contributed by atoms with Crippen LogP contribution in [0, 0.1) is 19.8 Å². The summed E-state index contributed by atoms with van der Waals surface area (Å²) in [5.41, 5.74) is 3.48. The maximum absolute atomic E-state index is 5.16. The van der Waals surface area contributed by atoms with Gasteiger partial charge in [-0.3, -0.25) is 4.68 Å². The molecule has 136 valence electrons. The summed E-state index contributed by atoms with van der Waals surface area (Å²) in [4.78, 5) is 7.29. The van der Waals surface area contributed by atoms with Gasteiger partial charge in [0, 0.05) is 38.0 Å². The number of hydrogen-bond donors (Lipinski definition) is 1. The fraction of sp³-hybridized carbons (Fsp3) is 0.778. The molecule has 24 heavy (non-hydrogen) atoms. The Morgan fingerprint density at radius 2 is 2.04 bits per heavy atom. The lowest BCUT2D eigenvalue weighted by atomic mass is 10.00. The van der Waals surface area contributed by atoms with Crippen molar-refractivity contribution in [2.45, 2.75) is 53.6 Å². The number of guanidine groups is 1. The standard InChI is InChI=1S/C18H33N5O/c1-6-19-18(22-9-7-14(2)8-10-22)20-13-17-15(3)21-23(16(17)4)11-12-24-5/h14H,6-13H2,1-5H3,(H,19,20). The normalized spacial score (nSPS) is 16.7. The Morgan fingerprint density at radius 1 is 1.33 bits per heavy atom. The van der Waals surface area contributed by atoms with E-state index in [1.807, 2.05) is 4.68 Å². The van der Waals surface area contributed by atoms with Crippen LogP contribution in [-0.2, 0) is 17.8 Å². The average molecular weight is 335 g/mol. The molecule has 0 radical (unpaired) electrons. The Balaban J connectivity index is 2.09. The van der Waals surface area contributed by atoms with Gasteiger partial charge in [-0.05, 0) is 39.5 Å². The molecule has 0 saturated carbocycles. The van der Waals surface area contributed by atoms with Gasteiger partial charge in [-0.2, -0.15) is 5.10 Å². The van der Waals surface area contributed by atoms with Crippen LogP contribution in [0.4, 0.5) is 0 Å². The smallest absolute Gasteiger partial charge is 0.194 e. The lowest BCUT2D eigenvalue weighted by Gasteiger charge is -2.33. The second-order valence-electron chi connectivity index (χ2n) is 6.71. The van der Waals surface area contributed by atoms with Gasteiger partial charge in [0.15, 0.2) is 5.96 Å². The zero-order valence-electron chi connectivity index (χ0n) is 15.9. The van der Waals surface area contributed by atoms with Crippen molar-refractivity contribution in [3.8, 4) is 0 Å². The van der Waals surface area contributed by atoms with Gasteiger partial charge in [0.25, 0.3) is 0 Å². The minimum atomic E-state index is 0.680. The number of aliphatic imine (C=N–C) groups is 1. The van der Waals surface area contributed by atoms with Crippen LogP contribution in [0.15, 0.2) is 4.99 Å². The van der Waals surface area contributed by atoms with Crippen molar-refractivity contribution in [1.82, 2.24) is 20.0 Å². The van der Waals surface area contributed by atoms with E-state index in [1.165, 1.54) is 24.1 Å². The molecule has 0 bridgehead atoms. The van der Waals surface area contributed by atoms with Crippen molar-refractivity contribution in [2.24, 2.45) is 10.9 Å². The Bertz CT molecular complexity index is 544. The van der Waals surface area contributed by atoms with Crippen molar-refractivity contribution in [1.29, 1.82) is 0 Å². The number of likely N-dealkylation sites (tertiary alicyclic amines) is 1. The second kappa shape index (κ2) is 9.06. The van der Waals surface area contributed by atoms with Crippen molar-refractivity contribution >= 4 is 5.96 Å². The molecule has 2 rings (SSSR count). The highest BCUT2D eigenvalue weighted by molar-refractivity contribution is 5.80. The van der Waals surface area contributed by atoms with Crippen LogP contribution in [0.5, 0.6) is 0 Å². The predicted molar refractivity (Wildman–Crippen MR) is 98.4 cm³/mol. The lowest BCUT2D eigenvalue weighted by molar-refractivity contribution is 0.182. The van der Waals surface area contributed by atoms with E-state index in [9.17, 15) is 0 Å². The molecular weight excluding hydrogens is 302 g/mol. The monoisotopic (exact) mass is 335 g/mol. The largest absolute Gasteiger partial charge is 0.383 e. The summed E-state index contributed by atoms with van der Waals surface area (Å²) >= 11 is 0. The minimum Gasteiger partial charge on any atom is -0.383 e. The first-order valence-electron chi connectivity index (χ1n) is 9.11. The molecule has 0 amide bonds. The molecule has 1 aliphatic rings. The van der Waals surface area contributed by atoms with Gasteiger partial charge in [0.2, 0.25) is 0 Å². The van der Waals surface area contributed by atoms with Crippen molar-refractivity contribution < 1.29 is 4.74 Å². The highest BCUT2D eigenvalue weighted by Gasteiger charge is 2.19. The zero-order chi connectivity index (χ0) is 17.5. The number of ether oxygens (including phenoxy) is 1. The number of nitrogens with one attached hydrogen (secondary N) is 1. The third kappa shape index (κ3) is 4.72. The van der Waals surface area contributed by atoms with Gasteiger partial charge in [-0.15, -0.1) is 0 Å². The van der Waals surface area contributed by atoms with Crippen LogP contribution >= 0.6 is 0 Å². The van der Waals surface area contributed by atoms with E-state index < -0.39 is 0 Å². The Morgan fingerprint density at radius 3 is 2.67 bits per heavy atom. The highest BCUT2D eigenvalue weighted by Crippen LogP contribution is 2.17. The molecule has 0 spiro atoms. The number of piperidine rings is 1. The summed E-state index contributed by atoms with van der Waals surface area (Å²) < 4.78 is 7.19. The van der Waals surface area contributed by atoms with Crippen molar-refractivity contribution in [3.05, 3.63) is 17.0 Å². The second-order valence-corrected chi connectivity index (χ2v) is 6.71. The van der Waals surface area contributed by atoms with Gasteiger partial charge >= 0.3 is 0 Å². The first kappa shape index (κ1) is 18.8. The fourth-order valence-electron chi connectivity index (χ4n) is 3.16. The van der Waals surface area contributed by atoms with E-state index in [0.29, 0.717) is 13.2 Å². The fourth-order valence-corrected chi connectivity index (χ4v) is 3.16. The summed E-state index contributed by atoms with van der Waals surface area (Å²) in [6, 6.07) is 0. The maximum Gasteiger partial charge on any atom is 0.194 e. The van der Waals surface area contributed by atoms with Gasteiger partial charge in [0.05, 0.1) is 25.4 Å². The molecule has 2 heterocycles. The summed E-state index contributed by atoms with van der Waals surface area (Å²) in [7, 11) is 1.72. The van der Waals surface area contributed by atoms with Gasteiger partial charge in [-0.1, -0.05) is 6.92 Å². The SMILES string of the molecule is CCNC(=NCc1c(C)nn(CCOC)c1C)N1CCC(C)CC1. The minimum absolute atomic E-state index is 0.680. The Kier molecular flexibility index (Phi) is 7.09. The van der Waals surface area contributed by atoms with Gasteiger partial charge in [0.1, 0.15) is 0 Å². The predicted octanol–water partition coefficient (Wildman–Crippen LogP) is 2.34. The quantitative estimate of drug-likeness (QED) is 0.640. The molecule has 1 fully saturated rings. The molecule has 1 aliphatic heterocycles. The number of aryl methyl sites for hydroxylation is 1. The number of rotatable bonds is 6. The van der Waals surface area contributed by atoms with E-state index >= 15 is 0 Å². The Labute approximate surface area is 146 Å². The van der Waals surface area contributed by atoms with E-state index in [1.54, 1.807) is 7.11 Å². The summed E-state index contributed by atoms with van der Waals surface area (Å²) in [5, 5.41) is 8.07. The molecule has 0 aliphatic carbocycles. The van der Waals surface area contributed by atoms with E-state index in [2.05, 4.69) is 43.0 Å². The van der Waals surface area contributed by atoms with Crippen LogP contribution < -0.4 is 5.32 Å². The topological polar surface area (TPSA) is 54.7 Å². The molecule has 1 aromatic heterocycles. The molecule has 6 nitrogen and oxygen atoms in total. The van der Waals surface area contributed by atoms with Crippen LogP contribution in [0.3, 0.4) is 0 Å². The van der Waals surface area contributed by atoms with E-state index in [4.69, 9.17) is 9.73 Å². The molecule has 1 N–H and O–H groups in total. The first-order chi connectivity index (χ1) is 11.6. The highest BCUT2D eigenvalue weighted by atomic mass is 16.5. The summed E-state index contributed by atoms with van der Waals surface area (Å²) in [6.07, 6.45) is 2.49. The van der Waals surface area contributed by atoms with Crippen LogP contribution in [-0.4, -0.2) is 54.0 Å². The third-order valence-corrected chi connectivity index (χ3v) is 4.84. The van der Waals surface area contributed by atoms with Gasteiger partial charge in [-0.25, -0.2) is 4.99 Å². The Hall–Kier alpha value is -1.56. The molecule has 0 aromatic carbocycles. The zero-order valence-corrected chi connectivity index (χ0v) is 15.9. The molecule has 6 heteroatoms. The van der Waals surface area contributed by atoms with E-state index in [0.717, 1.165) is 43.8 Å². The van der Waals surface area contributed by atoms with Crippen molar-refractivity contribution in [2.75, 3.05) is 33.4 Å². The lowest BCUT2D eigenvalue weighted by Crippen LogP contribution is -2.45. The number of nitrogens with zero attached hydrogens (tertiary/aromatic N) is 4. The maximum atomic E-state index is 5.16. The molecule has 0 atom stereocenters. The molecule has 1 saturated heterocycles. The van der Waals surface area contributed by atoms with Crippen LogP contribution in [0.1, 0.15) is 43.6 Å². The summed E-state index contributed by atoms with van der Waals surface area (Å²) in [5.74, 6) is 1.86. The van der Waals surface area contributed by atoms with Crippen molar-refractivity contribution in [3.63, 3.8) is 0 Å².